The lowest BCUT2D eigenvalue weighted by Crippen LogP contribution is -1.98. The monoisotopic (exact) mass is 346 g/mol. The van der Waals surface area contributed by atoms with Gasteiger partial charge in [-0.2, -0.15) is 0 Å². The van der Waals surface area contributed by atoms with Gasteiger partial charge >= 0.3 is 0 Å². The van der Waals surface area contributed by atoms with E-state index in [1.807, 2.05) is 42.5 Å². The van der Waals surface area contributed by atoms with E-state index in [1.54, 1.807) is 0 Å². The Balaban J connectivity index is 1.81. The van der Waals surface area contributed by atoms with E-state index in [0.29, 0.717) is 5.02 Å². The molecule has 0 radical (unpaired) electrons. The Morgan fingerprint density at radius 2 is 1.76 bits per heavy atom. The van der Waals surface area contributed by atoms with Crippen LogP contribution in [0.3, 0.4) is 0 Å². The minimum absolute atomic E-state index is 0.697. The van der Waals surface area contributed by atoms with Gasteiger partial charge < -0.3 is 4.57 Å². The number of rotatable bonds is 2. The first-order chi connectivity index (χ1) is 12.3. The molecule has 4 nitrogen and oxygen atoms in total. The van der Waals surface area contributed by atoms with Gasteiger partial charge in [0, 0.05) is 34.5 Å². The number of hydrogen-bond donors (Lipinski definition) is 0. The molecule has 0 N–H and O–H groups in total. The van der Waals surface area contributed by atoms with Crippen molar-refractivity contribution in [2.24, 2.45) is 0 Å². The highest BCUT2D eigenvalue weighted by Crippen LogP contribution is 2.34. The Morgan fingerprint density at radius 3 is 2.68 bits per heavy atom. The van der Waals surface area contributed by atoms with Crippen LogP contribution in [0.25, 0.3) is 33.5 Å². The summed E-state index contributed by atoms with van der Waals surface area (Å²) in [7, 11) is 0. The molecule has 0 bridgehead atoms. The summed E-state index contributed by atoms with van der Waals surface area (Å²) in [4.78, 5) is 4.83. The van der Waals surface area contributed by atoms with Crippen LogP contribution in [0.5, 0.6) is 0 Å². The fourth-order valence-electron chi connectivity index (χ4n) is 3.52. The molecule has 0 atom stereocenters. The van der Waals surface area contributed by atoms with E-state index in [-0.39, 0.29) is 0 Å². The maximum Gasteiger partial charge on any atom is 0.164 e. The molecule has 0 aliphatic carbocycles. The summed E-state index contributed by atoms with van der Waals surface area (Å²) in [6.07, 6.45) is 2.12. The van der Waals surface area contributed by atoms with E-state index in [4.69, 9.17) is 16.6 Å². The molecule has 2 aromatic heterocycles. The molecule has 1 aliphatic heterocycles. The van der Waals surface area contributed by atoms with Gasteiger partial charge in [-0.3, -0.25) is 0 Å². The van der Waals surface area contributed by atoms with Gasteiger partial charge in [0.2, 0.25) is 0 Å². The van der Waals surface area contributed by atoms with Gasteiger partial charge in [-0.15, -0.1) is 10.2 Å². The van der Waals surface area contributed by atoms with E-state index in [9.17, 15) is 0 Å². The Labute approximate surface area is 150 Å². The first-order valence-electron chi connectivity index (χ1n) is 8.38. The summed E-state index contributed by atoms with van der Waals surface area (Å²) in [5.74, 6) is 1.98. The molecule has 4 aromatic rings. The molecule has 5 rings (SSSR count). The van der Waals surface area contributed by atoms with Crippen LogP contribution in [0.1, 0.15) is 12.2 Å². The minimum Gasteiger partial charge on any atom is -0.311 e. The average Bonchev–Trinajstić information content (AvgIpc) is 3.25. The number of fused-ring (bicyclic) bond motifs is 2. The lowest BCUT2D eigenvalue weighted by molar-refractivity contribution is 0.749. The predicted octanol–water partition coefficient (Wildman–Crippen LogP) is 4.76. The third-order valence-electron chi connectivity index (χ3n) is 4.72. The van der Waals surface area contributed by atoms with Crippen molar-refractivity contribution in [2.45, 2.75) is 19.4 Å². The Hall–Kier alpha value is -2.72. The maximum absolute atomic E-state index is 6.41. The van der Waals surface area contributed by atoms with E-state index < -0.39 is 0 Å². The highest BCUT2D eigenvalue weighted by Gasteiger charge is 2.21. The van der Waals surface area contributed by atoms with Crippen LogP contribution in [-0.4, -0.2) is 19.7 Å². The first-order valence-corrected chi connectivity index (χ1v) is 8.76. The van der Waals surface area contributed by atoms with Gasteiger partial charge in [-0.25, -0.2) is 4.98 Å². The van der Waals surface area contributed by atoms with E-state index >= 15 is 0 Å². The predicted molar refractivity (Wildman–Crippen MR) is 99.5 cm³/mol. The molecule has 0 saturated carbocycles. The summed E-state index contributed by atoms with van der Waals surface area (Å²) in [5, 5.41) is 10.6. The lowest BCUT2D eigenvalue weighted by atomic mass is 10.0. The van der Waals surface area contributed by atoms with E-state index in [1.165, 1.54) is 0 Å². The van der Waals surface area contributed by atoms with Crippen molar-refractivity contribution in [1.82, 2.24) is 19.7 Å². The fraction of sp³-hybridized carbons (Fsp3) is 0.150. The van der Waals surface area contributed by atoms with Crippen LogP contribution in [0, 0.1) is 0 Å². The van der Waals surface area contributed by atoms with Gasteiger partial charge in [-0.05, 0) is 24.6 Å². The zero-order valence-electron chi connectivity index (χ0n) is 13.5. The number of para-hydroxylation sites is 1. The number of halogens is 1. The molecule has 0 fully saturated rings. The highest BCUT2D eigenvalue weighted by atomic mass is 35.5. The number of aryl methyl sites for hydroxylation is 1. The second kappa shape index (κ2) is 5.67. The average molecular weight is 347 g/mol. The number of hydrogen-bond acceptors (Lipinski definition) is 3. The van der Waals surface area contributed by atoms with Crippen molar-refractivity contribution in [3.63, 3.8) is 0 Å². The molecule has 1 aliphatic rings. The largest absolute Gasteiger partial charge is 0.311 e. The van der Waals surface area contributed by atoms with Gasteiger partial charge in [-0.1, -0.05) is 48.0 Å². The smallest absolute Gasteiger partial charge is 0.164 e. The fourth-order valence-corrected chi connectivity index (χ4v) is 3.75. The zero-order chi connectivity index (χ0) is 16.8. The molecule has 0 unspecified atom stereocenters. The second-order valence-corrected chi connectivity index (χ2v) is 6.65. The molecule has 0 amide bonds. The molecule has 25 heavy (non-hydrogen) atoms. The number of pyridine rings is 1. The second-order valence-electron chi connectivity index (χ2n) is 6.25. The lowest BCUT2D eigenvalue weighted by Gasteiger charge is -2.11. The number of nitrogens with zero attached hydrogens (tertiary/aromatic N) is 4. The molecule has 122 valence electrons. The quantitative estimate of drug-likeness (QED) is 0.525. The van der Waals surface area contributed by atoms with Gasteiger partial charge in [0.25, 0.3) is 0 Å². The van der Waals surface area contributed by atoms with Crippen LogP contribution in [0.15, 0.2) is 54.6 Å². The minimum atomic E-state index is 0.697. The molecular weight excluding hydrogens is 332 g/mol. The normalized spacial score (nSPS) is 13.3. The Morgan fingerprint density at radius 1 is 0.920 bits per heavy atom. The zero-order valence-corrected chi connectivity index (χ0v) is 14.2. The molecular formula is C20H15ClN4. The van der Waals surface area contributed by atoms with E-state index in [2.05, 4.69) is 26.9 Å². The summed E-state index contributed by atoms with van der Waals surface area (Å²) in [6.45, 7) is 0.968. The van der Waals surface area contributed by atoms with Crippen molar-refractivity contribution in [3.05, 3.63) is 65.4 Å². The maximum atomic E-state index is 6.41. The summed E-state index contributed by atoms with van der Waals surface area (Å²) in [6, 6.07) is 18.0. The molecule has 5 heteroatoms. The summed E-state index contributed by atoms with van der Waals surface area (Å²) < 4.78 is 2.22. The van der Waals surface area contributed by atoms with Crippen molar-refractivity contribution in [2.75, 3.05) is 0 Å². The van der Waals surface area contributed by atoms with Gasteiger partial charge in [0.1, 0.15) is 5.82 Å². The summed E-state index contributed by atoms with van der Waals surface area (Å²) >= 11 is 6.41. The highest BCUT2D eigenvalue weighted by molar-refractivity contribution is 6.33. The van der Waals surface area contributed by atoms with Crippen LogP contribution in [0.4, 0.5) is 0 Å². The molecule has 3 heterocycles. The molecule has 0 spiro atoms. The van der Waals surface area contributed by atoms with Crippen molar-refractivity contribution in [1.29, 1.82) is 0 Å². The van der Waals surface area contributed by atoms with Gasteiger partial charge in [0.05, 0.1) is 11.2 Å². The van der Waals surface area contributed by atoms with Crippen LogP contribution < -0.4 is 0 Å². The Bertz CT molecular complexity index is 1100. The van der Waals surface area contributed by atoms with Crippen molar-refractivity contribution >= 4 is 22.5 Å². The van der Waals surface area contributed by atoms with E-state index in [0.717, 1.165) is 58.8 Å². The van der Waals surface area contributed by atoms with Crippen LogP contribution in [-0.2, 0) is 13.0 Å². The third-order valence-corrected chi connectivity index (χ3v) is 5.05. The SMILES string of the molecule is Clc1ccccc1-c1cc(-c2nnc3n2CCC3)c2ccccc2n1. The molecule has 0 saturated heterocycles. The van der Waals surface area contributed by atoms with Gasteiger partial charge in [0.15, 0.2) is 5.82 Å². The van der Waals surface area contributed by atoms with Crippen molar-refractivity contribution < 1.29 is 0 Å². The molecule has 2 aromatic carbocycles. The number of aromatic nitrogens is 4. The Kier molecular flexibility index (Phi) is 3.31. The summed E-state index contributed by atoms with van der Waals surface area (Å²) in [5.41, 5.74) is 3.78. The van der Waals surface area contributed by atoms with Crippen molar-refractivity contribution in [3.8, 4) is 22.6 Å². The third kappa shape index (κ3) is 2.33. The standard InChI is InChI=1S/C20H15ClN4/c21-16-8-3-1-7-14(16)18-12-15(13-6-2-4-9-17(13)22-18)20-24-23-19-10-5-11-25(19)20/h1-4,6-9,12H,5,10-11H2. The number of benzene rings is 2. The first kappa shape index (κ1) is 14.6. The topological polar surface area (TPSA) is 43.6 Å². The van der Waals surface area contributed by atoms with Crippen LogP contribution >= 0.6 is 11.6 Å². The van der Waals surface area contributed by atoms with Crippen LogP contribution in [0.2, 0.25) is 5.02 Å².